The molecule has 1 N–H and O–H groups in total. The van der Waals surface area contributed by atoms with Crippen LogP contribution in [-0.4, -0.2) is 24.5 Å². The zero-order valence-corrected chi connectivity index (χ0v) is 7.87. The van der Waals surface area contributed by atoms with E-state index in [0.717, 1.165) is 0 Å². The molecule has 0 radical (unpaired) electrons. The van der Waals surface area contributed by atoms with Gasteiger partial charge in [0.15, 0.2) is 0 Å². The Morgan fingerprint density at radius 1 is 1.54 bits per heavy atom. The Kier molecular flexibility index (Phi) is 5.13. The number of nitrogens with one attached hydrogen (secondary N) is 1. The van der Waals surface area contributed by atoms with Crippen molar-refractivity contribution in [3.05, 3.63) is 0 Å². The standard InChI is InChI=1S/C7H11ClF3NO/c1-5(4-8)6(13)12-3-2-7(9,10)11/h5H,2-4H2,1H3,(H,12,13). The lowest BCUT2D eigenvalue weighted by Gasteiger charge is -2.10. The highest BCUT2D eigenvalue weighted by atomic mass is 35.5. The predicted octanol–water partition coefficient (Wildman–Crippen LogP) is 1.93. The van der Waals surface area contributed by atoms with E-state index in [-0.39, 0.29) is 12.4 Å². The molecule has 78 valence electrons. The molecule has 1 unspecified atom stereocenters. The molecule has 0 bridgehead atoms. The van der Waals surface area contributed by atoms with Gasteiger partial charge in [0, 0.05) is 18.3 Å². The van der Waals surface area contributed by atoms with Crippen molar-refractivity contribution in [1.29, 1.82) is 0 Å². The van der Waals surface area contributed by atoms with Crippen LogP contribution in [0, 0.1) is 5.92 Å². The lowest BCUT2D eigenvalue weighted by atomic mass is 10.2. The lowest BCUT2D eigenvalue weighted by molar-refractivity contribution is -0.136. The summed E-state index contributed by atoms with van der Waals surface area (Å²) in [5, 5.41) is 2.15. The van der Waals surface area contributed by atoms with Gasteiger partial charge in [0.05, 0.1) is 6.42 Å². The Morgan fingerprint density at radius 3 is 2.46 bits per heavy atom. The minimum Gasteiger partial charge on any atom is -0.355 e. The van der Waals surface area contributed by atoms with Crippen molar-refractivity contribution in [1.82, 2.24) is 5.32 Å². The average molecular weight is 218 g/mol. The Morgan fingerprint density at radius 2 is 2.08 bits per heavy atom. The van der Waals surface area contributed by atoms with E-state index in [2.05, 4.69) is 5.32 Å². The third-order valence-corrected chi connectivity index (χ3v) is 1.85. The van der Waals surface area contributed by atoms with Crippen LogP contribution in [0.5, 0.6) is 0 Å². The molecule has 2 nitrogen and oxygen atoms in total. The van der Waals surface area contributed by atoms with Crippen molar-refractivity contribution in [2.75, 3.05) is 12.4 Å². The number of hydrogen-bond acceptors (Lipinski definition) is 1. The summed E-state index contributed by atoms with van der Waals surface area (Å²) in [6.07, 6.45) is -5.23. The van der Waals surface area contributed by atoms with Gasteiger partial charge in [-0.05, 0) is 0 Å². The topological polar surface area (TPSA) is 29.1 Å². The summed E-state index contributed by atoms with van der Waals surface area (Å²) in [5.41, 5.74) is 0. The molecule has 0 aromatic rings. The molecule has 0 aliphatic heterocycles. The molecule has 0 aliphatic carbocycles. The maximum atomic E-state index is 11.6. The molecular weight excluding hydrogens is 207 g/mol. The molecule has 0 aromatic heterocycles. The third-order valence-electron chi connectivity index (χ3n) is 1.39. The van der Waals surface area contributed by atoms with Gasteiger partial charge in [0.2, 0.25) is 5.91 Å². The molecule has 0 rings (SSSR count). The molecule has 6 heteroatoms. The van der Waals surface area contributed by atoms with Gasteiger partial charge in [-0.15, -0.1) is 11.6 Å². The number of hydrogen-bond donors (Lipinski definition) is 1. The average Bonchev–Trinajstić information content (AvgIpc) is 2.00. The lowest BCUT2D eigenvalue weighted by Crippen LogP contribution is -2.32. The first-order valence-corrected chi connectivity index (χ1v) is 4.30. The van der Waals surface area contributed by atoms with Gasteiger partial charge in [-0.2, -0.15) is 13.2 Å². The summed E-state index contributed by atoms with van der Waals surface area (Å²) >= 11 is 5.33. The minimum absolute atomic E-state index is 0.109. The van der Waals surface area contributed by atoms with Gasteiger partial charge >= 0.3 is 6.18 Å². The fourth-order valence-electron chi connectivity index (χ4n) is 0.572. The number of carbonyl (C=O) groups is 1. The molecule has 1 amide bonds. The molecule has 1 atom stereocenters. The smallest absolute Gasteiger partial charge is 0.355 e. The van der Waals surface area contributed by atoms with E-state index in [4.69, 9.17) is 11.6 Å². The Bertz CT molecular complexity index is 172. The zero-order chi connectivity index (χ0) is 10.5. The van der Waals surface area contributed by atoms with Crippen LogP contribution in [0.15, 0.2) is 0 Å². The molecule has 0 heterocycles. The van der Waals surface area contributed by atoms with E-state index in [1.54, 1.807) is 6.92 Å². The van der Waals surface area contributed by atoms with E-state index >= 15 is 0 Å². The summed E-state index contributed by atoms with van der Waals surface area (Å²) in [4.78, 5) is 10.9. The van der Waals surface area contributed by atoms with Crippen LogP contribution in [0.4, 0.5) is 13.2 Å². The Balaban J connectivity index is 3.60. The second kappa shape index (κ2) is 5.32. The van der Waals surface area contributed by atoms with Crippen molar-refractivity contribution >= 4 is 17.5 Å². The van der Waals surface area contributed by atoms with Crippen LogP contribution in [-0.2, 0) is 4.79 Å². The van der Waals surface area contributed by atoms with Crippen molar-refractivity contribution in [3.8, 4) is 0 Å². The molecule has 13 heavy (non-hydrogen) atoms. The van der Waals surface area contributed by atoms with Gasteiger partial charge in [0.25, 0.3) is 0 Å². The number of alkyl halides is 4. The zero-order valence-electron chi connectivity index (χ0n) is 7.12. The molecule has 0 saturated heterocycles. The molecule has 0 spiro atoms. The fraction of sp³-hybridized carbons (Fsp3) is 0.857. The third kappa shape index (κ3) is 6.69. The van der Waals surface area contributed by atoms with Crippen molar-refractivity contribution < 1.29 is 18.0 Å². The maximum absolute atomic E-state index is 11.6. The van der Waals surface area contributed by atoms with Gasteiger partial charge < -0.3 is 5.32 Å². The SMILES string of the molecule is CC(CCl)C(=O)NCCC(F)(F)F. The van der Waals surface area contributed by atoms with E-state index in [9.17, 15) is 18.0 Å². The summed E-state index contributed by atoms with van der Waals surface area (Å²) in [7, 11) is 0. The van der Waals surface area contributed by atoms with Crippen LogP contribution in [0.2, 0.25) is 0 Å². The summed E-state index contributed by atoms with van der Waals surface area (Å²) in [6, 6.07) is 0. The summed E-state index contributed by atoms with van der Waals surface area (Å²) < 4.78 is 34.8. The molecule has 0 saturated carbocycles. The largest absolute Gasteiger partial charge is 0.390 e. The van der Waals surface area contributed by atoms with Crippen LogP contribution in [0.1, 0.15) is 13.3 Å². The number of halogens is 4. The van der Waals surface area contributed by atoms with E-state index in [1.807, 2.05) is 0 Å². The number of carbonyl (C=O) groups excluding carboxylic acids is 1. The highest BCUT2D eigenvalue weighted by Gasteiger charge is 2.26. The molecule has 0 aromatic carbocycles. The van der Waals surface area contributed by atoms with Crippen LogP contribution in [0.25, 0.3) is 0 Å². The van der Waals surface area contributed by atoms with E-state index in [0.29, 0.717) is 0 Å². The number of amides is 1. The maximum Gasteiger partial charge on any atom is 0.390 e. The van der Waals surface area contributed by atoms with E-state index < -0.39 is 24.4 Å². The fourth-order valence-corrected chi connectivity index (χ4v) is 0.712. The second-order valence-corrected chi connectivity index (χ2v) is 3.02. The molecule has 0 fully saturated rings. The first kappa shape index (κ1) is 12.6. The van der Waals surface area contributed by atoms with E-state index in [1.165, 1.54) is 0 Å². The highest BCUT2D eigenvalue weighted by molar-refractivity contribution is 6.19. The van der Waals surface area contributed by atoms with Crippen LogP contribution in [0.3, 0.4) is 0 Å². The van der Waals surface area contributed by atoms with Crippen molar-refractivity contribution in [2.24, 2.45) is 5.92 Å². The number of rotatable bonds is 4. The monoisotopic (exact) mass is 217 g/mol. The summed E-state index contributed by atoms with van der Waals surface area (Å²) in [5.74, 6) is -0.785. The Labute approximate surface area is 79.4 Å². The van der Waals surface area contributed by atoms with Crippen molar-refractivity contribution in [2.45, 2.75) is 19.5 Å². The summed E-state index contributed by atoms with van der Waals surface area (Å²) in [6.45, 7) is 1.17. The Hall–Kier alpha value is -0.450. The van der Waals surface area contributed by atoms with Gasteiger partial charge in [-0.3, -0.25) is 4.79 Å². The normalized spacial score (nSPS) is 13.9. The predicted molar refractivity (Wildman–Crippen MR) is 43.6 cm³/mol. The minimum atomic E-state index is -4.22. The quantitative estimate of drug-likeness (QED) is 0.717. The highest BCUT2D eigenvalue weighted by Crippen LogP contribution is 2.18. The first-order chi connectivity index (χ1) is 5.87. The second-order valence-electron chi connectivity index (χ2n) is 2.71. The van der Waals surface area contributed by atoms with Crippen LogP contribution >= 0.6 is 11.6 Å². The van der Waals surface area contributed by atoms with Crippen molar-refractivity contribution in [3.63, 3.8) is 0 Å². The molecule has 0 aliphatic rings. The van der Waals surface area contributed by atoms with Gasteiger partial charge in [0.1, 0.15) is 0 Å². The van der Waals surface area contributed by atoms with Crippen LogP contribution < -0.4 is 5.32 Å². The van der Waals surface area contributed by atoms with Gasteiger partial charge in [-0.25, -0.2) is 0 Å². The van der Waals surface area contributed by atoms with Gasteiger partial charge in [-0.1, -0.05) is 6.92 Å². The molecular formula is C7H11ClF3NO. The first-order valence-electron chi connectivity index (χ1n) is 3.77.